The lowest BCUT2D eigenvalue weighted by molar-refractivity contribution is -0.147. The number of aromatic nitrogens is 3. The van der Waals surface area contributed by atoms with Gasteiger partial charge in [0.25, 0.3) is 5.91 Å². The lowest BCUT2D eigenvalue weighted by Crippen LogP contribution is -2.35. The Morgan fingerprint density at radius 2 is 1.88 bits per heavy atom. The highest BCUT2D eigenvalue weighted by Gasteiger charge is 2.43. The Hall–Kier alpha value is -2.70. The molecule has 1 saturated heterocycles. The van der Waals surface area contributed by atoms with Crippen molar-refractivity contribution >= 4 is 11.9 Å². The second-order valence-corrected chi connectivity index (χ2v) is 6.61. The number of hydrogen-bond donors (Lipinski definition) is 1. The van der Waals surface area contributed by atoms with E-state index in [1.807, 2.05) is 31.2 Å². The smallest absolute Gasteiger partial charge is 0.311 e. The van der Waals surface area contributed by atoms with Gasteiger partial charge in [-0.1, -0.05) is 22.9 Å². The Labute approximate surface area is 139 Å². The molecule has 7 nitrogen and oxygen atoms in total. The van der Waals surface area contributed by atoms with E-state index in [2.05, 4.69) is 10.3 Å². The Balaban J connectivity index is 1.85. The van der Waals surface area contributed by atoms with Crippen LogP contribution in [0.2, 0.25) is 0 Å². The summed E-state index contributed by atoms with van der Waals surface area (Å²) in [6, 6.07) is 7.78. The maximum absolute atomic E-state index is 12.7. The molecule has 2 heterocycles. The van der Waals surface area contributed by atoms with Gasteiger partial charge >= 0.3 is 5.97 Å². The highest BCUT2D eigenvalue weighted by Crippen LogP contribution is 2.31. The Morgan fingerprint density at radius 3 is 2.46 bits per heavy atom. The lowest BCUT2D eigenvalue weighted by atomic mass is 9.90. The first kappa shape index (κ1) is 16.2. The van der Waals surface area contributed by atoms with Gasteiger partial charge in [0.1, 0.15) is 0 Å². The average Bonchev–Trinajstić information content (AvgIpc) is 3.12. The summed E-state index contributed by atoms with van der Waals surface area (Å²) in [5.41, 5.74) is 1.99. The fourth-order valence-electron chi connectivity index (χ4n) is 2.92. The molecule has 0 radical (unpaired) electrons. The average molecular weight is 328 g/mol. The number of benzene rings is 1. The molecule has 1 aliphatic rings. The van der Waals surface area contributed by atoms with E-state index in [-0.39, 0.29) is 18.1 Å². The van der Waals surface area contributed by atoms with E-state index in [9.17, 15) is 14.7 Å². The standard InChI is InChI=1S/C17H20N4O3/c1-11-4-6-13(7-5-11)21-12(2)14(18-19-21)15(22)20-9-8-17(3,10-20)16(23)24/h4-7H,8-10H2,1-3H3,(H,23,24). The van der Waals surface area contributed by atoms with Crippen LogP contribution >= 0.6 is 0 Å². The predicted octanol–water partition coefficient (Wildman–Crippen LogP) is 1.82. The van der Waals surface area contributed by atoms with Crippen molar-refractivity contribution in [2.75, 3.05) is 13.1 Å². The third kappa shape index (κ3) is 2.66. The van der Waals surface area contributed by atoms with Crippen molar-refractivity contribution in [3.05, 3.63) is 41.2 Å². The van der Waals surface area contributed by atoms with E-state index in [1.54, 1.807) is 23.4 Å². The van der Waals surface area contributed by atoms with Gasteiger partial charge < -0.3 is 10.0 Å². The molecule has 1 atom stereocenters. The van der Waals surface area contributed by atoms with Gasteiger partial charge in [-0.25, -0.2) is 4.68 Å². The molecule has 1 amide bonds. The second-order valence-electron chi connectivity index (χ2n) is 6.61. The quantitative estimate of drug-likeness (QED) is 0.928. The van der Waals surface area contributed by atoms with E-state index in [1.165, 1.54) is 0 Å². The number of likely N-dealkylation sites (tertiary alicyclic amines) is 1. The molecule has 7 heteroatoms. The monoisotopic (exact) mass is 328 g/mol. The highest BCUT2D eigenvalue weighted by molar-refractivity contribution is 5.94. The van der Waals surface area contributed by atoms with Gasteiger partial charge in [0.05, 0.1) is 16.8 Å². The van der Waals surface area contributed by atoms with Crippen molar-refractivity contribution in [2.24, 2.45) is 5.41 Å². The molecule has 1 aromatic carbocycles. The van der Waals surface area contributed by atoms with Crippen molar-refractivity contribution in [2.45, 2.75) is 27.2 Å². The van der Waals surface area contributed by atoms with Crippen molar-refractivity contribution in [1.29, 1.82) is 0 Å². The molecule has 24 heavy (non-hydrogen) atoms. The van der Waals surface area contributed by atoms with Crippen molar-refractivity contribution in [3.63, 3.8) is 0 Å². The number of nitrogens with zero attached hydrogens (tertiary/aromatic N) is 4. The molecule has 1 fully saturated rings. The van der Waals surface area contributed by atoms with E-state index in [0.717, 1.165) is 11.3 Å². The summed E-state index contributed by atoms with van der Waals surface area (Å²) < 4.78 is 1.62. The predicted molar refractivity (Wildman–Crippen MR) is 87.1 cm³/mol. The van der Waals surface area contributed by atoms with E-state index < -0.39 is 11.4 Å². The van der Waals surface area contributed by atoms with Crippen LogP contribution in [0.25, 0.3) is 5.69 Å². The van der Waals surface area contributed by atoms with Gasteiger partial charge in [-0.15, -0.1) is 5.10 Å². The van der Waals surface area contributed by atoms with Crippen LogP contribution < -0.4 is 0 Å². The number of carbonyl (C=O) groups excluding carboxylic acids is 1. The van der Waals surface area contributed by atoms with Crippen LogP contribution in [0.5, 0.6) is 0 Å². The first-order valence-corrected chi connectivity index (χ1v) is 7.84. The zero-order valence-corrected chi connectivity index (χ0v) is 14.0. The van der Waals surface area contributed by atoms with Crippen LogP contribution in [-0.4, -0.2) is 50.0 Å². The van der Waals surface area contributed by atoms with Gasteiger partial charge in [0.2, 0.25) is 0 Å². The molecular weight excluding hydrogens is 308 g/mol. The fraction of sp³-hybridized carbons (Fsp3) is 0.412. The SMILES string of the molecule is Cc1ccc(-n2nnc(C(=O)N3CCC(C)(C(=O)O)C3)c2C)cc1. The zero-order valence-electron chi connectivity index (χ0n) is 14.0. The third-order valence-corrected chi connectivity index (χ3v) is 4.65. The van der Waals surface area contributed by atoms with Gasteiger partial charge in [-0.3, -0.25) is 9.59 Å². The van der Waals surface area contributed by atoms with Crippen molar-refractivity contribution in [1.82, 2.24) is 19.9 Å². The fourth-order valence-corrected chi connectivity index (χ4v) is 2.92. The minimum Gasteiger partial charge on any atom is -0.481 e. The van der Waals surface area contributed by atoms with Gasteiger partial charge in [0.15, 0.2) is 5.69 Å². The minimum atomic E-state index is -0.892. The number of carbonyl (C=O) groups is 2. The molecule has 3 rings (SSSR count). The normalized spacial score (nSPS) is 20.4. The van der Waals surface area contributed by atoms with Crippen LogP contribution in [0.4, 0.5) is 0 Å². The first-order valence-electron chi connectivity index (χ1n) is 7.84. The van der Waals surface area contributed by atoms with E-state index in [4.69, 9.17) is 0 Å². The molecule has 0 bridgehead atoms. The first-order chi connectivity index (χ1) is 11.3. The van der Waals surface area contributed by atoms with Crippen LogP contribution in [0.3, 0.4) is 0 Å². The maximum atomic E-state index is 12.7. The third-order valence-electron chi connectivity index (χ3n) is 4.65. The molecule has 0 saturated carbocycles. The number of aliphatic carboxylic acids is 1. The Kier molecular flexibility index (Phi) is 3.87. The molecule has 2 aromatic rings. The molecule has 0 aliphatic carbocycles. The summed E-state index contributed by atoms with van der Waals surface area (Å²) in [4.78, 5) is 25.6. The minimum absolute atomic E-state index is 0.192. The van der Waals surface area contributed by atoms with Crippen LogP contribution in [-0.2, 0) is 4.79 Å². The summed E-state index contributed by atoms with van der Waals surface area (Å²) in [6.45, 7) is 6.06. The molecular formula is C17H20N4O3. The summed E-state index contributed by atoms with van der Waals surface area (Å²) >= 11 is 0. The summed E-state index contributed by atoms with van der Waals surface area (Å²) in [5.74, 6) is -1.14. The number of rotatable bonds is 3. The number of amides is 1. The van der Waals surface area contributed by atoms with Crippen molar-refractivity contribution in [3.8, 4) is 5.69 Å². The second kappa shape index (κ2) is 5.74. The number of carboxylic acid groups (broad SMARTS) is 1. The molecule has 0 spiro atoms. The highest BCUT2D eigenvalue weighted by atomic mass is 16.4. The van der Waals surface area contributed by atoms with Gasteiger partial charge in [-0.2, -0.15) is 0 Å². The van der Waals surface area contributed by atoms with Gasteiger partial charge in [-0.05, 0) is 39.3 Å². The topological polar surface area (TPSA) is 88.3 Å². The largest absolute Gasteiger partial charge is 0.481 e. The van der Waals surface area contributed by atoms with Crippen LogP contribution in [0.15, 0.2) is 24.3 Å². The number of hydrogen-bond acceptors (Lipinski definition) is 4. The summed E-state index contributed by atoms with van der Waals surface area (Å²) in [7, 11) is 0. The molecule has 126 valence electrons. The van der Waals surface area contributed by atoms with E-state index in [0.29, 0.717) is 18.7 Å². The number of aryl methyl sites for hydroxylation is 1. The lowest BCUT2D eigenvalue weighted by Gasteiger charge is -2.19. The van der Waals surface area contributed by atoms with Crippen molar-refractivity contribution < 1.29 is 14.7 Å². The summed E-state index contributed by atoms with van der Waals surface area (Å²) in [5, 5.41) is 17.4. The Bertz CT molecular complexity index is 797. The molecule has 1 N–H and O–H groups in total. The molecule has 1 aromatic heterocycles. The van der Waals surface area contributed by atoms with Crippen LogP contribution in [0, 0.1) is 19.3 Å². The maximum Gasteiger partial charge on any atom is 0.311 e. The zero-order chi connectivity index (χ0) is 17.5. The van der Waals surface area contributed by atoms with Gasteiger partial charge in [0, 0.05) is 13.1 Å². The Morgan fingerprint density at radius 1 is 1.21 bits per heavy atom. The van der Waals surface area contributed by atoms with E-state index >= 15 is 0 Å². The molecule has 1 unspecified atom stereocenters. The number of carboxylic acids is 1. The van der Waals surface area contributed by atoms with Crippen LogP contribution in [0.1, 0.15) is 35.1 Å². The summed E-state index contributed by atoms with van der Waals surface area (Å²) in [6.07, 6.45) is 0.444. The molecule has 1 aliphatic heterocycles.